The Morgan fingerprint density at radius 3 is 2.06 bits per heavy atom. The molecule has 3 aliphatic rings. The van der Waals surface area contributed by atoms with Gasteiger partial charge in [-0.3, -0.25) is 43.2 Å². The molecular formula is C56H87N7O14. The third kappa shape index (κ3) is 16.5. The molecule has 3 saturated heterocycles. The van der Waals surface area contributed by atoms with E-state index >= 15 is 0 Å². The summed E-state index contributed by atoms with van der Waals surface area (Å²) in [7, 11) is 2.82. The second-order valence-electron chi connectivity index (χ2n) is 22.6. The van der Waals surface area contributed by atoms with Gasteiger partial charge in [0.2, 0.25) is 35.4 Å². The Hall–Kier alpha value is -5.96. The number of esters is 2. The second kappa shape index (κ2) is 28.6. The molecule has 21 nitrogen and oxygen atoms in total. The van der Waals surface area contributed by atoms with Crippen LogP contribution in [0.15, 0.2) is 30.3 Å². The fraction of sp³-hybridized carbons (Fsp3) is 0.714. The summed E-state index contributed by atoms with van der Waals surface area (Å²) in [6.45, 7) is 18.5. The highest BCUT2D eigenvalue weighted by Crippen LogP contribution is 2.27. The number of aliphatic hydroxyl groups excluding tert-OH is 2. The molecule has 1 aromatic rings. The van der Waals surface area contributed by atoms with E-state index in [1.807, 2.05) is 27.7 Å². The van der Waals surface area contributed by atoms with E-state index in [0.717, 1.165) is 0 Å². The third-order valence-corrected chi connectivity index (χ3v) is 15.2. The molecule has 0 aromatic heterocycles. The maximum Gasteiger partial charge on any atom is 0.329 e. The molecule has 0 bridgehead atoms. The number of cyclic esters (lactones) is 2. The van der Waals surface area contributed by atoms with Crippen LogP contribution in [0.2, 0.25) is 0 Å². The van der Waals surface area contributed by atoms with E-state index in [0.29, 0.717) is 24.8 Å². The van der Waals surface area contributed by atoms with Gasteiger partial charge in [-0.1, -0.05) is 92.1 Å². The van der Waals surface area contributed by atoms with Crippen LogP contribution < -0.4 is 16.0 Å². The van der Waals surface area contributed by atoms with Crippen molar-refractivity contribution in [3.63, 3.8) is 0 Å². The first-order chi connectivity index (χ1) is 36.1. The van der Waals surface area contributed by atoms with Crippen LogP contribution in [0.5, 0.6) is 0 Å². The minimum atomic E-state index is -1.74. The lowest BCUT2D eigenvalue weighted by molar-refractivity contribution is -0.163. The highest BCUT2D eigenvalue weighted by molar-refractivity contribution is 6.05. The normalized spacial score (nSPS) is 28.1. The van der Waals surface area contributed by atoms with Crippen LogP contribution in [0.3, 0.4) is 0 Å². The van der Waals surface area contributed by atoms with Gasteiger partial charge < -0.3 is 55.2 Å². The first-order valence-corrected chi connectivity index (χ1v) is 27.5. The van der Waals surface area contributed by atoms with Crippen molar-refractivity contribution in [3.8, 4) is 0 Å². The molecule has 4 rings (SSSR count). The lowest BCUT2D eigenvalue weighted by Gasteiger charge is -2.36. The number of likely N-dealkylation sites (N-methyl/N-ethyl adjacent to an activating group) is 2. The summed E-state index contributed by atoms with van der Waals surface area (Å²) in [5, 5.41) is 30.2. The molecule has 13 atom stereocenters. The van der Waals surface area contributed by atoms with Gasteiger partial charge in [-0.25, -0.2) is 4.79 Å². The fourth-order valence-electron chi connectivity index (χ4n) is 10.4. The zero-order valence-electron chi connectivity index (χ0n) is 47.5. The van der Waals surface area contributed by atoms with Gasteiger partial charge in [0.1, 0.15) is 48.5 Å². The van der Waals surface area contributed by atoms with Crippen LogP contribution in [0, 0.1) is 29.6 Å². The molecule has 0 spiro atoms. The Morgan fingerprint density at radius 2 is 1.48 bits per heavy atom. The zero-order valence-corrected chi connectivity index (χ0v) is 47.5. The van der Waals surface area contributed by atoms with Crippen molar-refractivity contribution in [2.75, 3.05) is 27.2 Å². The largest absolute Gasteiger partial charge is 0.458 e. The topological polar surface area (TPSA) is 279 Å². The molecule has 1 aromatic carbocycles. The number of hydrogen-bond donors (Lipinski definition) is 5. The summed E-state index contributed by atoms with van der Waals surface area (Å²) < 4.78 is 11.9. The van der Waals surface area contributed by atoms with Crippen LogP contribution in [-0.4, -0.2) is 183 Å². The van der Waals surface area contributed by atoms with Gasteiger partial charge in [0.15, 0.2) is 11.9 Å². The smallest absolute Gasteiger partial charge is 0.329 e. The Labute approximate surface area is 454 Å². The van der Waals surface area contributed by atoms with Crippen molar-refractivity contribution in [3.05, 3.63) is 35.9 Å². The number of aliphatic hydroxyl groups is 2. The molecule has 77 heavy (non-hydrogen) atoms. The number of Topliss-reactive ketones (excluding diaryl/α,β-unsaturated/α-hetero) is 1. The predicted octanol–water partition coefficient (Wildman–Crippen LogP) is 2.31. The van der Waals surface area contributed by atoms with Crippen molar-refractivity contribution in [2.24, 2.45) is 29.6 Å². The number of ether oxygens (including phenoxy) is 2. The Balaban J connectivity index is 1.87. The summed E-state index contributed by atoms with van der Waals surface area (Å²) in [5.41, 5.74) is 0.633. The summed E-state index contributed by atoms with van der Waals surface area (Å²) in [6, 6.07) is 0.00586. The first kappa shape index (κ1) is 63.6. The van der Waals surface area contributed by atoms with Crippen LogP contribution >= 0.6 is 0 Å². The van der Waals surface area contributed by atoms with Gasteiger partial charge in [-0.15, -0.1) is 0 Å². The first-order valence-electron chi connectivity index (χ1n) is 27.5. The molecular weight excluding hydrogens is 995 g/mol. The third-order valence-electron chi connectivity index (χ3n) is 15.2. The van der Waals surface area contributed by atoms with Gasteiger partial charge in [-0.2, -0.15) is 0 Å². The highest BCUT2D eigenvalue weighted by atomic mass is 16.6. The molecule has 430 valence electrons. The number of nitrogens with zero attached hydrogens (tertiary/aromatic N) is 4. The number of rotatable bonds is 14. The lowest BCUT2D eigenvalue weighted by Crippen LogP contribution is -2.62. The number of benzene rings is 1. The van der Waals surface area contributed by atoms with Crippen LogP contribution in [0.25, 0.3) is 0 Å². The molecule has 3 fully saturated rings. The Kier molecular flexibility index (Phi) is 23.6. The van der Waals surface area contributed by atoms with Crippen molar-refractivity contribution < 1.29 is 67.6 Å². The lowest BCUT2D eigenvalue weighted by atomic mass is 9.91. The number of fused-ring (bicyclic) bond motifs is 1. The quantitative estimate of drug-likeness (QED) is 0.132. The van der Waals surface area contributed by atoms with Gasteiger partial charge >= 0.3 is 11.9 Å². The van der Waals surface area contributed by atoms with Crippen LogP contribution in [0.4, 0.5) is 0 Å². The minimum absolute atomic E-state index is 0.0780. The molecule has 0 saturated carbocycles. The van der Waals surface area contributed by atoms with E-state index in [-0.39, 0.29) is 57.0 Å². The molecule has 0 radical (unpaired) electrons. The van der Waals surface area contributed by atoms with Crippen molar-refractivity contribution in [1.29, 1.82) is 0 Å². The number of amides is 7. The fourth-order valence-corrected chi connectivity index (χ4v) is 10.4. The maximum atomic E-state index is 15.0. The van der Waals surface area contributed by atoms with Gasteiger partial charge in [0.05, 0.1) is 24.5 Å². The van der Waals surface area contributed by atoms with Crippen molar-refractivity contribution >= 4 is 59.1 Å². The number of ketones is 1. The SMILES string of the molecule is CC[C@H](C)[C@H]1NC(=O)[C@@H](NC(=O)[C@H](CC(C)C)N(C)C(=O)[C@@H]2CCCN2C(=O)[C@H](C)O)[C@@H](C)OC(=O)[C@H](Cc2ccccc2)N(C)C(=O)[C@@H]2CCCN2C(=O)[C@H](CC(C)C)NC(=O)[C@@H](C)C(=O)[C@H](C(C)C)OC(=O)C[C@@H]1O. The highest BCUT2D eigenvalue weighted by Gasteiger charge is 2.46. The molecule has 3 heterocycles. The van der Waals surface area contributed by atoms with E-state index in [1.165, 1.54) is 54.5 Å². The number of hydrogen-bond acceptors (Lipinski definition) is 14. The summed E-state index contributed by atoms with van der Waals surface area (Å²) >= 11 is 0. The summed E-state index contributed by atoms with van der Waals surface area (Å²) in [5.74, 6) is -10.6. The van der Waals surface area contributed by atoms with Crippen molar-refractivity contribution in [1.82, 2.24) is 35.6 Å². The maximum absolute atomic E-state index is 15.0. The Bertz CT molecular complexity index is 2260. The van der Waals surface area contributed by atoms with E-state index in [1.54, 1.807) is 58.0 Å². The molecule has 21 heteroatoms. The average Bonchev–Trinajstić information content (AvgIpc) is 4.08. The summed E-state index contributed by atoms with van der Waals surface area (Å²) in [4.78, 5) is 148. The van der Waals surface area contributed by atoms with E-state index in [9.17, 15) is 58.2 Å². The average molecular weight is 1080 g/mol. The van der Waals surface area contributed by atoms with Crippen LogP contribution in [-0.2, 0) is 63.8 Å². The zero-order chi connectivity index (χ0) is 57.7. The number of carbonyl (C=O) groups is 10. The minimum Gasteiger partial charge on any atom is -0.458 e. The second-order valence-corrected chi connectivity index (χ2v) is 22.6. The van der Waals surface area contributed by atoms with E-state index in [4.69, 9.17) is 9.47 Å². The van der Waals surface area contributed by atoms with Gasteiger partial charge in [-0.05, 0) is 88.5 Å². The molecule has 5 N–H and O–H groups in total. The van der Waals surface area contributed by atoms with Gasteiger partial charge in [0.25, 0.3) is 5.91 Å². The van der Waals surface area contributed by atoms with E-state index in [2.05, 4.69) is 16.0 Å². The molecule has 3 aliphatic heterocycles. The molecule has 0 aliphatic carbocycles. The van der Waals surface area contributed by atoms with E-state index < -0.39 is 150 Å². The van der Waals surface area contributed by atoms with Crippen LogP contribution in [0.1, 0.15) is 133 Å². The number of likely N-dealkylation sites (tertiary alicyclic amines) is 1. The summed E-state index contributed by atoms with van der Waals surface area (Å²) in [6.07, 6.45) is -4.82. The predicted molar refractivity (Wildman–Crippen MR) is 284 cm³/mol. The van der Waals surface area contributed by atoms with Gasteiger partial charge in [0, 0.05) is 33.6 Å². The number of carbonyl (C=O) groups excluding carboxylic acids is 10. The van der Waals surface area contributed by atoms with Crippen molar-refractivity contribution in [2.45, 2.75) is 201 Å². The molecule has 0 unspecified atom stereocenters. The monoisotopic (exact) mass is 1080 g/mol. The molecule has 7 amide bonds. The standard InChI is InChI=1S/C56H87N7O14/c1-14-33(8)45-43(65)29-44(66)77-48(32(6)7)47(67)34(9)49(68)57-38(26-30(2)3)53(72)63-25-19-23-40(63)55(74)61(13)42(28-37-20-16-15-17-21-37)56(75)76-36(11)46(51(70)58-45)59-50(69)41(27-31(4)5)60(12)54(73)39-22-18-24-62(39)52(71)35(10)64/h15-17,20-21,30-36,38-43,45-46,48,64-65H,14,18-19,22-29H2,1-13H3,(H,57,68)(H,58,70)(H,59,69)/t33-,34-,35-,36+,38-,39-,40-,41-,42-,43-,45+,46-,48-/m0/s1. The Morgan fingerprint density at radius 1 is 0.844 bits per heavy atom. The number of nitrogens with one attached hydrogen (secondary N) is 3.